The Balaban J connectivity index is 1.75. The Morgan fingerprint density at radius 1 is 1.17 bits per heavy atom. The molecule has 0 aromatic heterocycles. The summed E-state index contributed by atoms with van der Waals surface area (Å²) in [5.74, 6) is 0.738. The summed E-state index contributed by atoms with van der Waals surface area (Å²) in [6, 6.07) is 0. The van der Waals surface area contributed by atoms with Gasteiger partial charge in [0.05, 0.1) is 6.61 Å². The molecule has 1 saturated heterocycles. The van der Waals surface area contributed by atoms with Gasteiger partial charge in [-0.1, -0.05) is 19.3 Å². The molecule has 0 aromatic rings. The first kappa shape index (κ1) is 14.3. The highest BCUT2D eigenvalue weighted by molar-refractivity contribution is 4.92. The molecule has 18 heavy (non-hydrogen) atoms. The average molecular weight is 254 g/mol. The Kier molecular flexibility index (Phi) is 5.46. The van der Waals surface area contributed by atoms with Crippen molar-refractivity contribution in [1.82, 2.24) is 10.2 Å². The number of hydrogen-bond donors (Lipinski definition) is 1. The van der Waals surface area contributed by atoms with Crippen molar-refractivity contribution in [1.29, 1.82) is 0 Å². The van der Waals surface area contributed by atoms with E-state index in [0.717, 1.165) is 32.2 Å². The Labute approximate surface area is 112 Å². The van der Waals surface area contributed by atoms with Gasteiger partial charge in [-0.05, 0) is 45.7 Å². The fourth-order valence-electron chi connectivity index (χ4n) is 3.47. The SMILES string of the molecule is CN(C)C1(CNCC2CCCOC2)CCCCC1. The van der Waals surface area contributed by atoms with E-state index in [1.807, 2.05) is 0 Å². The minimum Gasteiger partial charge on any atom is -0.381 e. The average Bonchev–Trinajstić information content (AvgIpc) is 2.41. The summed E-state index contributed by atoms with van der Waals surface area (Å²) >= 11 is 0. The zero-order valence-corrected chi connectivity index (χ0v) is 12.2. The van der Waals surface area contributed by atoms with Gasteiger partial charge in [0.25, 0.3) is 0 Å². The van der Waals surface area contributed by atoms with Crippen molar-refractivity contribution < 1.29 is 4.74 Å². The third-order valence-corrected chi connectivity index (χ3v) is 4.87. The first-order valence-corrected chi connectivity index (χ1v) is 7.69. The van der Waals surface area contributed by atoms with Crippen LogP contribution in [0.25, 0.3) is 0 Å². The highest BCUT2D eigenvalue weighted by Gasteiger charge is 2.33. The summed E-state index contributed by atoms with van der Waals surface area (Å²) in [6.45, 7) is 4.21. The Bertz CT molecular complexity index is 231. The summed E-state index contributed by atoms with van der Waals surface area (Å²) in [5, 5.41) is 3.73. The molecule has 106 valence electrons. The van der Waals surface area contributed by atoms with Crippen molar-refractivity contribution in [3.63, 3.8) is 0 Å². The van der Waals surface area contributed by atoms with E-state index in [0.29, 0.717) is 5.54 Å². The predicted octanol–water partition coefficient (Wildman–Crippen LogP) is 2.27. The minimum absolute atomic E-state index is 0.410. The lowest BCUT2D eigenvalue weighted by atomic mass is 9.80. The second-order valence-corrected chi connectivity index (χ2v) is 6.39. The van der Waals surface area contributed by atoms with Gasteiger partial charge in [0, 0.05) is 25.2 Å². The molecule has 1 N–H and O–H groups in total. The van der Waals surface area contributed by atoms with E-state index >= 15 is 0 Å². The summed E-state index contributed by atoms with van der Waals surface area (Å²) in [5.41, 5.74) is 0.410. The van der Waals surface area contributed by atoms with Crippen LogP contribution in [0.4, 0.5) is 0 Å². The molecule has 0 radical (unpaired) electrons. The number of likely N-dealkylation sites (N-methyl/N-ethyl adjacent to an activating group) is 1. The van der Waals surface area contributed by atoms with Crippen molar-refractivity contribution in [2.75, 3.05) is 40.4 Å². The lowest BCUT2D eigenvalue weighted by Crippen LogP contribution is -2.53. The van der Waals surface area contributed by atoms with Crippen LogP contribution in [-0.2, 0) is 4.74 Å². The number of hydrogen-bond acceptors (Lipinski definition) is 3. The van der Waals surface area contributed by atoms with Crippen LogP contribution >= 0.6 is 0 Å². The number of nitrogens with zero attached hydrogens (tertiary/aromatic N) is 1. The fraction of sp³-hybridized carbons (Fsp3) is 1.00. The van der Waals surface area contributed by atoms with Crippen LogP contribution in [0.15, 0.2) is 0 Å². The maximum absolute atomic E-state index is 5.55. The molecule has 3 nitrogen and oxygen atoms in total. The molecule has 1 aliphatic heterocycles. The maximum atomic E-state index is 5.55. The normalized spacial score (nSPS) is 28.5. The molecule has 0 aromatic carbocycles. The van der Waals surface area contributed by atoms with Gasteiger partial charge in [-0.3, -0.25) is 0 Å². The van der Waals surface area contributed by atoms with Gasteiger partial charge >= 0.3 is 0 Å². The molecule has 1 heterocycles. The Morgan fingerprint density at radius 2 is 1.94 bits per heavy atom. The first-order chi connectivity index (χ1) is 8.73. The Hall–Kier alpha value is -0.120. The van der Waals surface area contributed by atoms with Gasteiger partial charge in [-0.25, -0.2) is 0 Å². The van der Waals surface area contributed by atoms with Gasteiger partial charge in [-0.15, -0.1) is 0 Å². The number of ether oxygens (including phenoxy) is 1. The lowest BCUT2D eigenvalue weighted by molar-refractivity contribution is 0.0499. The monoisotopic (exact) mass is 254 g/mol. The molecule has 2 rings (SSSR count). The van der Waals surface area contributed by atoms with Crippen LogP contribution in [0.1, 0.15) is 44.9 Å². The Morgan fingerprint density at radius 3 is 2.56 bits per heavy atom. The largest absolute Gasteiger partial charge is 0.381 e. The smallest absolute Gasteiger partial charge is 0.0506 e. The van der Waals surface area contributed by atoms with E-state index < -0.39 is 0 Å². The van der Waals surface area contributed by atoms with Gasteiger partial charge in [-0.2, -0.15) is 0 Å². The molecule has 1 aliphatic carbocycles. The maximum Gasteiger partial charge on any atom is 0.0506 e. The quantitative estimate of drug-likeness (QED) is 0.814. The number of nitrogens with one attached hydrogen (secondary N) is 1. The predicted molar refractivity (Wildman–Crippen MR) is 75.9 cm³/mol. The summed E-state index contributed by atoms with van der Waals surface area (Å²) in [7, 11) is 4.49. The summed E-state index contributed by atoms with van der Waals surface area (Å²) in [6.07, 6.45) is 9.50. The van der Waals surface area contributed by atoms with E-state index in [2.05, 4.69) is 24.3 Å². The fourth-order valence-corrected chi connectivity index (χ4v) is 3.47. The van der Waals surface area contributed by atoms with Crippen molar-refractivity contribution in [3.05, 3.63) is 0 Å². The molecular weight excluding hydrogens is 224 g/mol. The zero-order chi connectivity index (χ0) is 12.8. The van der Waals surface area contributed by atoms with Crippen LogP contribution in [0.3, 0.4) is 0 Å². The van der Waals surface area contributed by atoms with Gasteiger partial charge < -0.3 is 15.0 Å². The van der Waals surface area contributed by atoms with Crippen LogP contribution < -0.4 is 5.32 Å². The molecular formula is C15H30N2O. The molecule has 1 atom stereocenters. The first-order valence-electron chi connectivity index (χ1n) is 7.69. The van der Waals surface area contributed by atoms with Gasteiger partial charge in [0.2, 0.25) is 0 Å². The molecule has 0 amide bonds. The standard InChI is InChI=1S/C15H30N2O/c1-17(2)15(8-4-3-5-9-15)13-16-11-14-7-6-10-18-12-14/h14,16H,3-13H2,1-2H3. The molecule has 2 aliphatic rings. The van der Waals surface area contributed by atoms with E-state index in [1.54, 1.807) is 0 Å². The van der Waals surface area contributed by atoms with Crippen molar-refractivity contribution >= 4 is 0 Å². The summed E-state index contributed by atoms with van der Waals surface area (Å²) in [4.78, 5) is 2.45. The lowest BCUT2D eigenvalue weighted by Gasteiger charge is -2.43. The highest BCUT2D eigenvalue weighted by Crippen LogP contribution is 2.31. The van der Waals surface area contributed by atoms with Crippen molar-refractivity contribution in [3.8, 4) is 0 Å². The van der Waals surface area contributed by atoms with Crippen LogP contribution in [0, 0.1) is 5.92 Å². The molecule has 1 unspecified atom stereocenters. The highest BCUT2D eigenvalue weighted by atomic mass is 16.5. The minimum atomic E-state index is 0.410. The van der Waals surface area contributed by atoms with E-state index in [1.165, 1.54) is 44.9 Å². The van der Waals surface area contributed by atoms with Gasteiger partial charge in [0.15, 0.2) is 0 Å². The van der Waals surface area contributed by atoms with Crippen molar-refractivity contribution in [2.45, 2.75) is 50.5 Å². The molecule has 3 heteroatoms. The zero-order valence-electron chi connectivity index (χ0n) is 12.2. The van der Waals surface area contributed by atoms with E-state index in [4.69, 9.17) is 4.74 Å². The molecule has 1 saturated carbocycles. The van der Waals surface area contributed by atoms with Crippen LogP contribution in [0.5, 0.6) is 0 Å². The topological polar surface area (TPSA) is 24.5 Å². The van der Waals surface area contributed by atoms with Gasteiger partial charge in [0.1, 0.15) is 0 Å². The number of rotatable bonds is 5. The molecule has 2 fully saturated rings. The second kappa shape index (κ2) is 6.88. The second-order valence-electron chi connectivity index (χ2n) is 6.39. The van der Waals surface area contributed by atoms with Crippen molar-refractivity contribution in [2.24, 2.45) is 5.92 Å². The third-order valence-electron chi connectivity index (χ3n) is 4.87. The summed E-state index contributed by atoms with van der Waals surface area (Å²) < 4.78 is 5.55. The third kappa shape index (κ3) is 3.69. The van der Waals surface area contributed by atoms with Crippen LogP contribution in [-0.4, -0.2) is 50.8 Å². The molecule has 0 bridgehead atoms. The van der Waals surface area contributed by atoms with Crippen LogP contribution in [0.2, 0.25) is 0 Å². The molecule has 0 spiro atoms. The van der Waals surface area contributed by atoms with E-state index in [9.17, 15) is 0 Å². The van der Waals surface area contributed by atoms with E-state index in [-0.39, 0.29) is 0 Å².